The number of hydrogen-bond donors (Lipinski definition) is 1. The van der Waals surface area contributed by atoms with Gasteiger partial charge in [-0.2, -0.15) is 0 Å². The quantitative estimate of drug-likeness (QED) is 0.0373. The third-order valence-corrected chi connectivity index (χ3v) is 14.3. The lowest BCUT2D eigenvalue weighted by Crippen LogP contribution is -2.28. The average molecular weight is 1130 g/mol. The van der Waals surface area contributed by atoms with Crippen molar-refractivity contribution in [3.63, 3.8) is 0 Å². The molecule has 0 aromatic carbocycles. The Kier molecular flexibility index (Phi) is 66.9. The maximum absolute atomic E-state index is 12.4. The van der Waals surface area contributed by atoms with Gasteiger partial charge in [0.1, 0.15) is 6.61 Å². The zero-order chi connectivity index (χ0) is 59.1. The van der Waals surface area contributed by atoms with Crippen LogP contribution in [-0.2, 0) is 19.1 Å². The Morgan fingerprint density at radius 1 is 0.293 bits per heavy atom. The zero-order valence-electron chi connectivity index (χ0n) is 53.2. The number of esters is 2. The first-order chi connectivity index (χ1) is 40.6. The Bertz CT molecular complexity index is 1760. The summed E-state index contributed by atoms with van der Waals surface area (Å²) in [6.45, 7) is 4.02. The molecule has 82 heavy (non-hydrogen) atoms. The Morgan fingerprint density at radius 3 is 0.793 bits per heavy atom. The van der Waals surface area contributed by atoms with Crippen LogP contribution in [0.4, 0.5) is 0 Å². The predicted octanol–water partition coefficient (Wildman–Crippen LogP) is 23.9. The van der Waals surface area contributed by atoms with E-state index in [1.54, 1.807) is 0 Å². The molecule has 0 aromatic rings. The highest BCUT2D eigenvalue weighted by Gasteiger charge is 2.16. The average Bonchev–Trinajstić information content (AvgIpc) is 3.49. The number of carbonyl (C=O) groups is 2. The van der Waals surface area contributed by atoms with Crippen LogP contribution in [0.15, 0.2) is 158 Å². The van der Waals surface area contributed by atoms with Crippen LogP contribution in [0.3, 0.4) is 0 Å². The van der Waals surface area contributed by atoms with E-state index >= 15 is 0 Å². The molecule has 0 heterocycles. The number of aliphatic hydroxyl groups excluding tert-OH is 1. The molecule has 0 aliphatic heterocycles. The lowest BCUT2D eigenvalue weighted by atomic mass is 10.0. The summed E-state index contributed by atoms with van der Waals surface area (Å²) in [7, 11) is 0. The van der Waals surface area contributed by atoms with Gasteiger partial charge in [0.2, 0.25) is 0 Å². The summed E-state index contributed by atoms with van der Waals surface area (Å²) in [5.74, 6) is -0.605. The fourth-order valence-corrected chi connectivity index (χ4v) is 9.24. The van der Waals surface area contributed by atoms with Crippen molar-refractivity contribution in [2.24, 2.45) is 0 Å². The lowest BCUT2D eigenvalue weighted by molar-refractivity contribution is -0.161. The van der Waals surface area contributed by atoms with Crippen LogP contribution >= 0.6 is 0 Å². The largest absolute Gasteiger partial charge is 0.462 e. The van der Waals surface area contributed by atoms with E-state index in [0.717, 1.165) is 122 Å². The van der Waals surface area contributed by atoms with Crippen LogP contribution in [0.5, 0.6) is 0 Å². The van der Waals surface area contributed by atoms with Gasteiger partial charge in [0.15, 0.2) is 6.10 Å². The highest BCUT2D eigenvalue weighted by molar-refractivity contribution is 5.70. The second-order valence-electron chi connectivity index (χ2n) is 22.2. The van der Waals surface area contributed by atoms with Crippen molar-refractivity contribution in [2.45, 2.75) is 302 Å². The van der Waals surface area contributed by atoms with Crippen molar-refractivity contribution >= 4 is 11.9 Å². The molecule has 0 bridgehead atoms. The van der Waals surface area contributed by atoms with Gasteiger partial charge in [-0.1, -0.05) is 313 Å². The fourth-order valence-electron chi connectivity index (χ4n) is 9.24. The third-order valence-electron chi connectivity index (χ3n) is 14.3. The maximum Gasteiger partial charge on any atom is 0.306 e. The van der Waals surface area contributed by atoms with Crippen LogP contribution in [0.25, 0.3) is 0 Å². The Hall–Kier alpha value is -4.48. The van der Waals surface area contributed by atoms with Crippen molar-refractivity contribution < 1.29 is 24.2 Å². The van der Waals surface area contributed by atoms with E-state index in [9.17, 15) is 14.7 Å². The van der Waals surface area contributed by atoms with Crippen LogP contribution in [0.1, 0.15) is 296 Å². The highest BCUT2D eigenvalue weighted by atomic mass is 16.6. The molecule has 0 aliphatic rings. The normalized spacial score (nSPS) is 13.3. The highest BCUT2D eigenvalue weighted by Crippen LogP contribution is 2.16. The van der Waals surface area contributed by atoms with E-state index < -0.39 is 6.10 Å². The van der Waals surface area contributed by atoms with Gasteiger partial charge in [-0.3, -0.25) is 9.59 Å². The lowest BCUT2D eigenvalue weighted by Gasteiger charge is -2.15. The molecular weight excluding hydrogens is 1000 g/mol. The van der Waals surface area contributed by atoms with Gasteiger partial charge in [-0.25, -0.2) is 0 Å². The van der Waals surface area contributed by atoms with E-state index in [1.807, 2.05) is 0 Å². The SMILES string of the molecule is CC/C=C\C/C=C\C/C=C\C/C=C\C/C=C\C/C=C\C/C=C\C/C=C\C/C=C\C/C=C\C/C=C\CCCCCCCCCC(=O)OC(CO)COC(=O)CCCCCCCCCCCCCCCCC/C=C\C/C=C\CCCCCCC. The summed E-state index contributed by atoms with van der Waals surface area (Å²) in [5, 5.41) is 9.69. The Morgan fingerprint density at radius 2 is 0.524 bits per heavy atom. The molecule has 1 N–H and O–H groups in total. The number of ether oxygens (including phenoxy) is 2. The summed E-state index contributed by atoms with van der Waals surface area (Å²) in [5.41, 5.74) is 0. The Labute approximate surface area is 507 Å². The smallest absolute Gasteiger partial charge is 0.306 e. The maximum atomic E-state index is 12.4. The first-order valence-electron chi connectivity index (χ1n) is 34.0. The van der Waals surface area contributed by atoms with Crippen molar-refractivity contribution in [1.29, 1.82) is 0 Å². The molecule has 0 fully saturated rings. The molecular formula is C77H126O5. The number of aliphatic hydroxyl groups is 1. The minimum atomic E-state index is -0.790. The van der Waals surface area contributed by atoms with Gasteiger partial charge in [0.25, 0.3) is 0 Å². The summed E-state index contributed by atoms with van der Waals surface area (Å²) in [6.07, 6.45) is 108. The van der Waals surface area contributed by atoms with Crippen LogP contribution in [0.2, 0.25) is 0 Å². The fraction of sp³-hybridized carbons (Fsp3) is 0.636. The number of carbonyl (C=O) groups excluding carboxylic acids is 2. The topological polar surface area (TPSA) is 72.8 Å². The summed E-state index contributed by atoms with van der Waals surface area (Å²) in [4.78, 5) is 24.6. The molecule has 0 saturated heterocycles. The minimum Gasteiger partial charge on any atom is -0.462 e. The molecule has 5 nitrogen and oxygen atoms in total. The molecule has 1 atom stereocenters. The van der Waals surface area contributed by atoms with Gasteiger partial charge in [-0.15, -0.1) is 0 Å². The van der Waals surface area contributed by atoms with Crippen molar-refractivity contribution in [2.75, 3.05) is 13.2 Å². The number of unbranched alkanes of at least 4 members (excludes halogenated alkanes) is 27. The van der Waals surface area contributed by atoms with E-state index in [4.69, 9.17) is 9.47 Å². The van der Waals surface area contributed by atoms with Gasteiger partial charge in [-0.05, 0) is 128 Å². The summed E-state index contributed by atoms with van der Waals surface area (Å²) >= 11 is 0. The van der Waals surface area contributed by atoms with Gasteiger partial charge >= 0.3 is 11.9 Å². The van der Waals surface area contributed by atoms with E-state index in [2.05, 4.69) is 172 Å². The monoisotopic (exact) mass is 1130 g/mol. The molecule has 0 spiro atoms. The van der Waals surface area contributed by atoms with E-state index in [0.29, 0.717) is 12.8 Å². The molecule has 0 radical (unpaired) electrons. The summed E-state index contributed by atoms with van der Waals surface area (Å²) < 4.78 is 10.7. The molecule has 0 aliphatic carbocycles. The van der Waals surface area contributed by atoms with E-state index in [-0.39, 0.29) is 25.2 Å². The second kappa shape index (κ2) is 70.8. The zero-order valence-corrected chi connectivity index (χ0v) is 53.2. The first-order valence-corrected chi connectivity index (χ1v) is 34.0. The standard InChI is InChI=1S/C77H126O5/c1-3-5-7-9-11-13-15-17-19-21-23-25-27-29-31-32-33-34-35-36-37-38-39-40-41-42-43-44-46-48-50-52-54-56-58-60-62-64-66-68-70-72-77(80)82-75(73-78)74-81-76(79)71-69-67-65-63-61-59-57-55-53-51-49-47-45-30-28-26-24-22-20-18-16-14-12-10-8-6-4-2/h5,7,11,13,16-19,22-25,29,31,33-34,36-37,39-40,42-43,46,48,52,54,75,78H,3-4,6,8-10,12,14-15,20-21,26-28,30,32,35,38,41,44-45,47,49-51,53,55-74H2,1-2H3/b7-5-,13-11-,18-16-,19-17-,24-22-,25-23-,31-29-,34-33-,37-36-,40-39-,43-42-,48-46-,54-52-. The van der Waals surface area contributed by atoms with Crippen LogP contribution < -0.4 is 0 Å². The predicted molar refractivity (Wildman–Crippen MR) is 361 cm³/mol. The van der Waals surface area contributed by atoms with Gasteiger partial charge < -0.3 is 14.6 Å². The molecule has 0 rings (SSSR count). The third kappa shape index (κ3) is 68.0. The second-order valence-corrected chi connectivity index (χ2v) is 22.2. The summed E-state index contributed by atoms with van der Waals surface area (Å²) in [6, 6.07) is 0. The van der Waals surface area contributed by atoms with Gasteiger partial charge in [0.05, 0.1) is 6.61 Å². The first kappa shape index (κ1) is 77.5. The van der Waals surface area contributed by atoms with E-state index in [1.165, 1.54) is 148 Å². The molecule has 0 saturated carbocycles. The number of allylic oxidation sites excluding steroid dienone is 26. The number of hydrogen-bond acceptors (Lipinski definition) is 5. The van der Waals surface area contributed by atoms with Crippen molar-refractivity contribution in [3.05, 3.63) is 158 Å². The molecule has 464 valence electrons. The van der Waals surface area contributed by atoms with Crippen molar-refractivity contribution in [3.8, 4) is 0 Å². The molecule has 5 heteroatoms. The number of rotatable bonds is 61. The van der Waals surface area contributed by atoms with Gasteiger partial charge in [0, 0.05) is 12.8 Å². The van der Waals surface area contributed by atoms with Crippen LogP contribution in [0, 0.1) is 0 Å². The van der Waals surface area contributed by atoms with Crippen molar-refractivity contribution in [1.82, 2.24) is 0 Å². The van der Waals surface area contributed by atoms with Crippen LogP contribution in [-0.4, -0.2) is 36.4 Å². The minimum absolute atomic E-state index is 0.0774. The molecule has 0 aromatic heterocycles. The Balaban J connectivity index is 3.58. The molecule has 1 unspecified atom stereocenters. The molecule has 0 amide bonds.